The molecule has 0 bridgehead atoms. The van der Waals surface area contributed by atoms with Crippen molar-refractivity contribution < 1.29 is 4.74 Å². The van der Waals surface area contributed by atoms with Crippen molar-refractivity contribution in [2.45, 2.75) is 19.8 Å². The largest absolute Gasteiger partial charge is 0.437 e. The molecule has 2 aromatic rings. The fourth-order valence-electron chi connectivity index (χ4n) is 1.68. The van der Waals surface area contributed by atoms with Crippen molar-refractivity contribution in [3.8, 4) is 11.6 Å². The van der Waals surface area contributed by atoms with E-state index in [-0.39, 0.29) is 0 Å². The van der Waals surface area contributed by atoms with Gasteiger partial charge in [0.1, 0.15) is 5.75 Å². The number of ether oxygens (including phenoxy) is 1. The standard InChI is InChI=1S/C14H17N3O/c1-11-9-16-10-14(17-11)18-13-6-2-4-12(8-13)5-3-7-15/h2,4,6,8-10H,3,5,7,15H2,1H3. The molecule has 0 aliphatic heterocycles. The minimum atomic E-state index is 0.519. The summed E-state index contributed by atoms with van der Waals surface area (Å²) in [4.78, 5) is 8.30. The van der Waals surface area contributed by atoms with E-state index in [2.05, 4.69) is 16.0 Å². The van der Waals surface area contributed by atoms with Crippen LogP contribution in [-0.4, -0.2) is 16.5 Å². The lowest BCUT2D eigenvalue weighted by Crippen LogP contribution is -2.00. The molecule has 4 heteroatoms. The van der Waals surface area contributed by atoms with E-state index in [1.165, 1.54) is 5.56 Å². The second-order valence-electron chi connectivity index (χ2n) is 4.14. The molecule has 0 amide bonds. The van der Waals surface area contributed by atoms with Crippen LogP contribution in [0.1, 0.15) is 17.7 Å². The van der Waals surface area contributed by atoms with Crippen LogP contribution in [0.2, 0.25) is 0 Å². The number of hydrogen-bond donors (Lipinski definition) is 1. The number of hydrogen-bond acceptors (Lipinski definition) is 4. The van der Waals surface area contributed by atoms with Crippen molar-refractivity contribution in [3.05, 3.63) is 47.9 Å². The zero-order chi connectivity index (χ0) is 12.8. The first-order valence-electron chi connectivity index (χ1n) is 6.03. The van der Waals surface area contributed by atoms with E-state index in [0.29, 0.717) is 12.4 Å². The van der Waals surface area contributed by atoms with E-state index < -0.39 is 0 Å². The lowest BCUT2D eigenvalue weighted by Gasteiger charge is -2.06. The van der Waals surface area contributed by atoms with Gasteiger partial charge in [-0.05, 0) is 44.0 Å². The van der Waals surface area contributed by atoms with Crippen LogP contribution in [0, 0.1) is 6.92 Å². The first kappa shape index (κ1) is 12.5. The van der Waals surface area contributed by atoms with Gasteiger partial charge >= 0.3 is 0 Å². The molecule has 2 rings (SSSR count). The summed E-state index contributed by atoms with van der Waals surface area (Å²) in [7, 11) is 0. The first-order valence-corrected chi connectivity index (χ1v) is 6.03. The highest BCUT2D eigenvalue weighted by atomic mass is 16.5. The Kier molecular flexibility index (Phi) is 4.25. The third-order valence-electron chi connectivity index (χ3n) is 2.52. The Hall–Kier alpha value is -1.94. The van der Waals surface area contributed by atoms with Gasteiger partial charge < -0.3 is 10.5 Å². The Morgan fingerprint density at radius 2 is 2.17 bits per heavy atom. The maximum atomic E-state index is 5.67. The van der Waals surface area contributed by atoms with Gasteiger partial charge in [0.05, 0.1) is 11.9 Å². The maximum absolute atomic E-state index is 5.67. The molecule has 94 valence electrons. The van der Waals surface area contributed by atoms with Gasteiger partial charge in [0.25, 0.3) is 0 Å². The fraction of sp³-hybridized carbons (Fsp3) is 0.286. The van der Waals surface area contributed by atoms with Gasteiger partial charge in [-0.2, -0.15) is 0 Å². The van der Waals surface area contributed by atoms with Gasteiger partial charge in [-0.15, -0.1) is 0 Å². The second-order valence-corrected chi connectivity index (χ2v) is 4.14. The number of nitrogens with two attached hydrogens (primary N) is 1. The third-order valence-corrected chi connectivity index (χ3v) is 2.52. The summed E-state index contributed by atoms with van der Waals surface area (Å²) in [5, 5.41) is 0. The fourth-order valence-corrected chi connectivity index (χ4v) is 1.68. The summed E-state index contributed by atoms with van der Waals surface area (Å²) >= 11 is 0. The van der Waals surface area contributed by atoms with Crippen molar-refractivity contribution in [1.29, 1.82) is 0 Å². The summed E-state index contributed by atoms with van der Waals surface area (Å²) in [5.41, 5.74) is 7.57. The second kappa shape index (κ2) is 6.12. The van der Waals surface area contributed by atoms with Gasteiger partial charge in [0.2, 0.25) is 5.88 Å². The molecular weight excluding hydrogens is 226 g/mol. The highest BCUT2D eigenvalue weighted by Gasteiger charge is 2.01. The maximum Gasteiger partial charge on any atom is 0.238 e. The molecule has 18 heavy (non-hydrogen) atoms. The van der Waals surface area contributed by atoms with Gasteiger partial charge in [-0.25, -0.2) is 4.98 Å². The molecule has 0 spiro atoms. The van der Waals surface area contributed by atoms with Crippen molar-refractivity contribution in [1.82, 2.24) is 9.97 Å². The van der Waals surface area contributed by atoms with Gasteiger partial charge in [0.15, 0.2) is 0 Å². The average Bonchev–Trinajstić information content (AvgIpc) is 2.37. The van der Waals surface area contributed by atoms with Crippen LogP contribution in [0.3, 0.4) is 0 Å². The summed E-state index contributed by atoms with van der Waals surface area (Å²) in [6.07, 6.45) is 5.25. The van der Waals surface area contributed by atoms with Crippen molar-refractivity contribution in [3.63, 3.8) is 0 Å². The van der Waals surface area contributed by atoms with E-state index in [0.717, 1.165) is 24.3 Å². The lowest BCUT2D eigenvalue weighted by atomic mass is 10.1. The smallest absolute Gasteiger partial charge is 0.238 e. The molecule has 1 aromatic heterocycles. The van der Waals surface area contributed by atoms with Crippen LogP contribution in [0.5, 0.6) is 11.6 Å². The first-order chi connectivity index (χ1) is 8.78. The zero-order valence-corrected chi connectivity index (χ0v) is 10.5. The summed E-state index contributed by atoms with van der Waals surface area (Å²) in [5.74, 6) is 1.30. The summed E-state index contributed by atoms with van der Waals surface area (Å²) in [6, 6.07) is 7.98. The summed E-state index contributed by atoms with van der Waals surface area (Å²) in [6.45, 7) is 2.59. The molecule has 0 aliphatic carbocycles. The van der Waals surface area contributed by atoms with Crippen molar-refractivity contribution >= 4 is 0 Å². The molecule has 0 fully saturated rings. The molecule has 0 saturated heterocycles. The molecule has 1 heterocycles. The van der Waals surface area contributed by atoms with Crippen LogP contribution < -0.4 is 10.5 Å². The molecule has 0 radical (unpaired) electrons. The zero-order valence-electron chi connectivity index (χ0n) is 10.5. The number of benzene rings is 1. The molecule has 1 aromatic carbocycles. The minimum absolute atomic E-state index is 0.519. The predicted octanol–water partition coefficient (Wildman–Crippen LogP) is 2.47. The number of nitrogens with zero attached hydrogens (tertiary/aromatic N) is 2. The quantitative estimate of drug-likeness (QED) is 0.876. The molecule has 0 atom stereocenters. The minimum Gasteiger partial charge on any atom is -0.437 e. The lowest BCUT2D eigenvalue weighted by molar-refractivity contribution is 0.458. The van der Waals surface area contributed by atoms with E-state index in [1.54, 1.807) is 12.4 Å². The van der Waals surface area contributed by atoms with Crippen LogP contribution >= 0.6 is 0 Å². The van der Waals surface area contributed by atoms with E-state index >= 15 is 0 Å². The molecule has 4 nitrogen and oxygen atoms in total. The van der Waals surface area contributed by atoms with Crippen molar-refractivity contribution in [2.24, 2.45) is 5.73 Å². The SMILES string of the molecule is Cc1cncc(Oc2cccc(CCCN)c2)n1. The third kappa shape index (κ3) is 3.53. The Morgan fingerprint density at radius 3 is 2.94 bits per heavy atom. The Bertz CT molecular complexity index is 514. The molecular formula is C14H17N3O. The number of aromatic nitrogens is 2. The van der Waals surface area contributed by atoms with Crippen LogP contribution in [0.25, 0.3) is 0 Å². The van der Waals surface area contributed by atoms with Gasteiger partial charge in [-0.1, -0.05) is 12.1 Å². The highest BCUT2D eigenvalue weighted by Crippen LogP contribution is 2.20. The molecule has 0 unspecified atom stereocenters. The van der Waals surface area contributed by atoms with Crippen LogP contribution in [0.15, 0.2) is 36.7 Å². The summed E-state index contributed by atoms with van der Waals surface area (Å²) < 4.78 is 5.67. The molecule has 0 aliphatic rings. The Morgan fingerprint density at radius 1 is 1.28 bits per heavy atom. The van der Waals surface area contributed by atoms with E-state index in [4.69, 9.17) is 10.5 Å². The number of aryl methyl sites for hydroxylation is 2. The normalized spacial score (nSPS) is 10.3. The van der Waals surface area contributed by atoms with E-state index in [1.807, 2.05) is 25.1 Å². The van der Waals surface area contributed by atoms with Gasteiger partial charge in [-0.3, -0.25) is 4.98 Å². The van der Waals surface area contributed by atoms with Crippen molar-refractivity contribution in [2.75, 3.05) is 6.54 Å². The van der Waals surface area contributed by atoms with Gasteiger partial charge in [0, 0.05) is 6.20 Å². The average molecular weight is 243 g/mol. The predicted molar refractivity (Wildman–Crippen MR) is 70.7 cm³/mol. The highest BCUT2D eigenvalue weighted by molar-refractivity contribution is 5.31. The van der Waals surface area contributed by atoms with Crippen LogP contribution in [0.4, 0.5) is 0 Å². The molecule has 2 N–H and O–H groups in total. The number of rotatable bonds is 5. The molecule has 0 saturated carbocycles. The van der Waals surface area contributed by atoms with E-state index in [9.17, 15) is 0 Å². The monoisotopic (exact) mass is 243 g/mol. The Balaban J connectivity index is 2.09. The Labute approximate surface area is 107 Å². The van der Waals surface area contributed by atoms with Crippen LogP contribution in [-0.2, 0) is 6.42 Å². The topological polar surface area (TPSA) is 61.0 Å².